The van der Waals surface area contributed by atoms with E-state index in [1.165, 1.54) is 36.0 Å². The lowest BCUT2D eigenvalue weighted by Gasteiger charge is -2.31. The number of hydrogen-bond acceptors (Lipinski definition) is 3. The van der Waals surface area contributed by atoms with Gasteiger partial charge in [-0.3, -0.25) is 9.59 Å². The highest BCUT2D eigenvalue weighted by atomic mass is 32.2. The number of nitrogens with zero attached hydrogens (tertiary/aromatic N) is 1. The van der Waals surface area contributed by atoms with Gasteiger partial charge >= 0.3 is 0 Å². The maximum Gasteiger partial charge on any atom is 0.242 e. The molecule has 1 aliphatic carbocycles. The molecule has 0 bridgehead atoms. The molecule has 3 rings (SSSR count). The second kappa shape index (κ2) is 12.3. The number of rotatable bonds is 9. The summed E-state index contributed by atoms with van der Waals surface area (Å²) in [5.41, 5.74) is 5.93. The lowest BCUT2D eigenvalue weighted by Crippen LogP contribution is -2.50. The van der Waals surface area contributed by atoms with Crippen molar-refractivity contribution in [3.63, 3.8) is 0 Å². The van der Waals surface area contributed by atoms with Gasteiger partial charge in [0.15, 0.2) is 0 Å². The molecule has 1 aliphatic rings. The minimum absolute atomic E-state index is 0.0113. The Labute approximate surface area is 203 Å². The van der Waals surface area contributed by atoms with Crippen LogP contribution in [0.2, 0.25) is 0 Å². The summed E-state index contributed by atoms with van der Waals surface area (Å²) in [5, 5.41) is 3.21. The quantitative estimate of drug-likeness (QED) is 0.515. The first kappa shape index (κ1) is 25.4. The van der Waals surface area contributed by atoms with Gasteiger partial charge in [-0.05, 0) is 51.7 Å². The summed E-state index contributed by atoms with van der Waals surface area (Å²) in [7, 11) is 0. The van der Waals surface area contributed by atoms with E-state index in [1.807, 2.05) is 19.1 Å². The molecule has 0 spiro atoms. The van der Waals surface area contributed by atoms with Crippen molar-refractivity contribution in [2.24, 2.45) is 0 Å². The molecule has 33 heavy (non-hydrogen) atoms. The van der Waals surface area contributed by atoms with Gasteiger partial charge in [-0.15, -0.1) is 11.8 Å². The fourth-order valence-corrected chi connectivity index (χ4v) is 5.49. The Morgan fingerprint density at radius 1 is 0.970 bits per heavy atom. The van der Waals surface area contributed by atoms with E-state index in [0.29, 0.717) is 12.3 Å². The van der Waals surface area contributed by atoms with Gasteiger partial charge in [0.05, 0.1) is 5.75 Å². The highest BCUT2D eigenvalue weighted by molar-refractivity contribution is 7.99. The summed E-state index contributed by atoms with van der Waals surface area (Å²) < 4.78 is 0. The average molecular weight is 467 g/mol. The summed E-state index contributed by atoms with van der Waals surface area (Å²) >= 11 is 1.62. The molecule has 4 nitrogen and oxygen atoms in total. The van der Waals surface area contributed by atoms with Crippen LogP contribution in [0.3, 0.4) is 0 Å². The Kier molecular flexibility index (Phi) is 9.42. The van der Waals surface area contributed by atoms with Crippen LogP contribution in [-0.2, 0) is 21.9 Å². The largest absolute Gasteiger partial charge is 0.352 e. The minimum atomic E-state index is -0.498. The third-order valence-electron chi connectivity index (χ3n) is 6.33. The van der Waals surface area contributed by atoms with Crippen LogP contribution in [0.1, 0.15) is 66.8 Å². The smallest absolute Gasteiger partial charge is 0.242 e. The molecule has 2 aromatic rings. The first-order valence-corrected chi connectivity index (χ1v) is 13.3. The number of aryl methyl sites for hydroxylation is 3. The minimum Gasteiger partial charge on any atom is -0.352 e. The average Bonchev–Trinajstić information content (AvgIpc) is 2.77. The van der Waals surface area contributed by atoms with Crippen molar-refractivity contribution in [1.29, 1.82) is 0 Å². The molecular formula is C28H38N2O2S. The number of carbonyl (C=O) groups excluding carboxylic acids is 2. The number of nitrogens with one attached hydrogen (secondary N) is 1. The molecule has 0 aliphatic heterocycles. The topological polar surface area (TPSA) is 49.4 Å². The zero-order chi connectivity index (χ0) is 23.8. The fourth-order valence-electron chi connectivity index (χ4n) is 4.65. The molecule has 1 atom stereocenters. The van der Waals surface area contributed by atoms with Gasteiger partial charge in [0.25, 0.3) is 0 Å². The first-order valence-electron chi connectivity index (χ1n) is 12.1. The third kappa shape index (κ3) is 7.92. The Balaban J connectivity index is 1.66. The number of amides is 2. The highest BCUT2D eigenvalue weighted by Crippen LogP contribution is 2.20. The zero-order valence-electron chi connectivity index (χ0n) is 20.5. The van der Waals surface area contributed by atoms with Crippen molar-refractivity contribution in [3.05, 3.63) is 70.3 Å². The monoisotopic (exact) mass is 466 g/mol. The van der Waals surface area contributed by atoms with Crippen molar-refractivity contribution in [2.45, 2.75) is 84.2 Å². The second-order valence-corrected chi connectivity index (χ2v) is 10.5. The summed E-state index contributed by atoms with van der Waals surface area (Å²) in [4.78, 5) is 28.1. The molecule has 1 saturated carbocycles. The molecular weight excluding hydrogens is 428 g/mol. The summed E-state index contributed by atoms with van der Waals surface area (Å²) in [6.07, 6.45) is 5.66. The van der Waals surface area contributed by atoms with E-state index >= 15 is 0 Å². The van der Waals surface area contributed by atoms with Crippen LogP contribution in [-0.4, -0.2) is 34.6 Å². The van der Waals surface area contributed by atoms with Crippen molar-refractivity contribution in [1.82, 2.24) is 10.2 Å². The molecule has 178 valence electrons. The van der Waals surface area contributed by atoms with Gasteiger partial charge in [0.2, 0.25) is 11.8 Å². The number of hydrogen-bond donors (Lipinski definition) is 1. The lowest BCUT2D eigenvalue weighted by atomic mass is 9.95. The van der Waals surface area contributed by atoms with Gasteiger partial charge in [-0.2, -0.15) is 0 Å². The van der Waals surface area contributed by atoms with Crippen LogP contribution < -0.4 is 5.32 Å². The molecule has 0 aromatic heterocycles. The maximum atomic E-state index is 13.3. The predicted octanol–water partition coefficient (Wildman–Crippen LogP) is 5.71. The van der Waals surface area contributed by atoms with Gasteiger partial charge in [-0.1, -0.05) is 78.4 Å². The van der Waals surface area contributed by atoms with Crippen LogP contribution in [0, 0.1) is 20.8 Å². The first-order chi connectivity index (χ1) is 15.8. The molecule has 1 unspecified atom stereocenters. The van der Waals surface area contributed by atoms with Crippen molar-refractivity contribution >= 4 is 23.6 Å². The standard InChI is InChI=1S/C28H38N2O2S/c1-20-9-8-10-24(14-20)17-30(23(4)28(32)29-26-11-6-5-7-12-26)27(31)19-33-18-25-15-21(2)13-22(3)16-25/h8-10,13-16,23,26H,5-7,11-12,17-19H2,1-4H3,(H,29,32). The van der Waals surface area contributed by atoms with Crippen LogP contribution >= 0.6 is 11.8 Å². The van der Waals surface area contributed by atoms with E-state index in [-0.39, 0.29) is 17.9 Å². The summed E-state index contributed by atoms with van der Waals surface area (Å²) in [6, 6.07) is 14.4. The maximum absolute atomic E-state index is 13.3. The molecule has 0 radical (unpaired) electrons. The molecule has 5 heteroatoms. The Morgan fingerprint density at radius 2 is 1.64 bits per heavy atom. The van der Waals surface area contributed by atoms with Crippen LogP contribution in [0.15, 0.2) is 42.5 Å². The van der Waals surface area contributed by atoms with Crippen LogP contribution in [0.5, 0.6) is 0 Å². The summed E-state index contributed by atoms with van der Waals surface area (Å²) in [5.74, 6) is 1.12. The lowest BCUT2D eigenvalue weighted by molar-refractivity contribution is -0.139. The number of carbonyl (C=O) groups is 2. The van der Waals surface area contributed by atoms with Gasteiger partial charge < -0.3 is 10.2 Å². The zero-order valence-corrected chi connectivity index (χ0v) is 21.3. The van der Waals surface area contributed by atoms with Crippen LogP contribution in [0.4, 0.5) is 0 Å². The third-order valence-corrected chi connectivity index (χ3v) is 7.32. The van der Waals surface area contributed by atoms with E-state index in [4.69, 9.17) is 0 Å². The Bertz CT molecular complexity index is 932. The fraction of sp³-hybridized carbons (Fsp3) is 0.500. The van der Waals surface area contributed by atoms with Gasteiger partial charge in [0, 0.05) is 18.3 Å². The van der Waals surface area contributed by atoms with E-state index in [1.54, 1.807) is 16.7 Å². The molecule has 0 saturated heterocycles. The van der Waals surface area contributed by atoms with E-state index < -0.39 is 6.04 Å². The molecule has 0 heterocycles. The van der Waals surface area contributed by atoms with Crippen molar-refractivity contribution < 1.29 is 9.59 Å². The van der Waals surface area contributed by atoms with Crippen LogP contribution in [0.25, 0.3) is 0 Å². The SMILES string of the molecule is Cc1cc(C)cc(CSCC(=O)N(Cc2cccc(C)c2)C(C)C(=O)NC2CCCCC2)c1. The van der Waals surface area contributed by atoms with Crippen molar-refractivity contribution in [2.75, 3.05) is 5.75 Å². The molecule has 1 fully saturated rings. The van der Waals surface area contributed by atoms with Crippen molar-refractivity contribution in [3.8, 4) is 0 Å². The predicted molar refractivity (Wildman–Crippen MR) is 138 cm³/mol. The van der Waals surface area contributed by atoms with E-state index in [0.717, 1.165) is 29.7 Å². The summed E-state index contributed by atoms with van der Waals surface area (Å²) in [6.45, 7) is 8.56. The number of benzene rings is 2. The highest BCUT2D eigenvalue weighted by Gasteiger charge is 2.28. The normalized spacial score (nSPS) is 15.2. The molecule has 2 amide bonds. The van der Waals surface area contributed by atoms with E-state index in [9.17, 15) is 9.59 Å². The Hall–Kier alpha value is -2.27. The van der Waals surface area contributed by atoms with Gasteiger partial charge in [-0.25, -0.2) is 0 Å². The Morgan fingerprint density at radius 3 is 2.30 bits per heavy atom. The second-order valence-electron chi connectivity index (χ2n) is 9.52. The number of thioether (sulfide) groups is 1. The van der Waals surface area contributed by atoms with E-state index in [2.05, 4.69) is 56.4 Å². The molecule has 2 aromatic carbocycles. The molecule has 1 N–H and O–H groups in total. The van der Waals surface area contributed by atoms with Gasteiger partial charge in [0.1, 0.15) is 6.04 Å².